The van der Waals surface area contributed by atoms with Crippen LogP contribution in [0.4, 0.5) is 11.5 Å². The lowest BCUT2D eigenvalue weighted by atomic mass is 10.1. The Morgan fingerprint density at radius 3 is 2.60 bits per heavy atom. The van der Waals surface area contributed by atoms with Gasteiger partial charge < -0.3 is 10.5 Å². The van der Waals surface area contributed by atoms with Crippen LogP contribution in [0.2, 0.25) is 0 Å². The zero-order valence-electron chi connectivity index (χ0n) is 11.2. The van der Waals surface area contributed by atoms with Crippen LogP contribution in [0.3, 0.4) is 0 Å². The third kappa shape index (κ3) is 3.00. The maximum Gasteiger partial charge on any atom is 0.276 e. The first kappa shape index (κ1) is 13.7. The van der Waals surface area contributed by atoms with Crippen molar-refractivity contribution in [3.63, 3.8) is 0 Å². The van der Waals surface area contributed by atoms with E-state index in [1.54, 1.807) is 13.0 Å². The van der Waals surface area contributed by atoms with Crippen LogP contribution in [-0.2, 0) is 6.61 Å². The van der Waals surface area contributed by atoms with E-state index in [1.807, 2.05) is 6.92 Å². The van der Waals surface area contributed by atoms with Gasteiger partial charge >= 0.3 is 0 Å². The Balaban J connectivity index is 2.18. The molecule has 0 amide bonds. The van der Waals surface area contributed by atoms with Gasteiger partial charge in [-0.05, 0) is 25.5 Å². The second-order valence-corrected chi connectivity index (χ2v) is 4.38. The van der Waals surface area contributed by atoms with E-state index in [0.29, 0.717) is 22.8 Å². The van der Waals surface area contributed by atoms with Gasteiger partial charge in [0.25, 0.3) is 5.69 Å². The smallest absolute Gasteiger partial charge is 0.276 e. The first-order chi connectivity index (χ1) is 9.47. The summed E-state index contributed by atoms with van der Waals surface area (Å²) < 4.78 is 5.56. The third-order valence-electron chi connectivity index (χ3n) is 2.79. The lowest BCUT2D eigenvalue weighted by molar-refractivity contribution is -0.385. The maximum atomic E-state index is 10.9. The maximum absolute atomic E-state index is 10.9. The highest BCUT2D eigenvalue weighted by Crippen LogP contribution is 2.28. The standard InChI is InChI=1S/C13H14N4O3/c1-8-3-9(2)12(4-11(8)17(18)19)20-7-10-5-16-13(14)6-15-10/h3-6H,7H2,1-2H3,(H2,14,16). The minimum absolute atomic E-state index is 0.0361. The van der Waals surface area contributed by atoms with Crippen molar-refractivity contribution in [2.45, 2.75) is 20.5 Å². The summed E-state index contributed by atoms with van der Waals surface area (Å²) in [4.78, 5) is 18.4. The lowest BCUT2D eigenvalue weighted by Crippen LogP contribution is -2.02. The van der Waals surface area contributed by atoms with Crippen LogP contribution in [0.1, 0.15) is 16.8 Å². The molecule has 0 aliphatic heterocycles. The van der Waals surface area contributed by atoms with E-state index in [0.717, 1.165) is 5.56 Å². The van der Waals surface area contributed by atoms with E-state index in [1.165, 1.54) is 18.5 Å². The molecule has 1 aromatic carbocycles. The molecular weight excluding hydrogens is 260 g/mol. The summed E-state index contributed by atoms with van der Waals surface area (Å²) in [5, 5.41) is 10.9. The topological polar surface area (TPSA) is 104 Å². The van der Waals surface area contributed by atoms with E-state index in [4.69, 9.17) is 10.5 Å². The highest BCUT2D eigenvalue weighted by molar-refractivity contribution is 5.49. The summed E-state index contributed by atoms with van der Waals surface area (Å²) >= 11 is 0. The second-order valence-electron chi connectivity index (χ2n) is 4.38. The molecular formula is C13H14N4O3. The summed E-state index contributed by atoms with van der Waals surface area (Å²) in [7, 11) is 0. The van der Waals surface area contributed by atoms with E-state index in [2.05, 4.69) is 9.97 Å². The molecule has 0 saturated heterocycles. The van der Waals surface area contributed by atoms with Crippen molar-refractivity contribution in [2.24, 2.45) is 0 Å². The number of hydrogen-bond donors (Lipinski definition) is 1. The minimum atomic E-state index is -0.426. The fraction of sp³-hybridized carbons (Fsp3) is 0.231. The Morgan fingerprint density at radius 1 is 1.25 bits per heavy atom. The number of rotatable bonds is 4. The summed E-state index contributed by atoms with van der Waals surface area (Å²) in [5.74, 6) is 0.789. The monoisotopic (exact) mass is 274 g/mol. The van der Waals surface area contributed by atoms with Gasteiger partial charge in [0.2, 0.25) is 0 Å². The summed E-state index contributed by atoms with van der Waals surface area (Å²) in [5.41, 5.74) is 7.51. The number of hydrogen-bond acceptors (Lipinski definition) is 6. The molecule has 104 valence electrons. The van der Waals surface area contributed by atoms with Crippen LogP contribution in [-0.4, -0.2) is 14.9 Å². The summed E-state index contributed by atoms with van der Waals surface area (Å²) in [6, 6.07) is 3.15. The molecule has 0 unspecified atom stereocenters. The Hall–Kier alpha value is -2.70. The molecule has 2 aromatic rings. The van der Waals surface area contributed by atoms with Crippen LogP contribution < -0.4 is 10.5 Å². The van der Waals surface area contributed by atoms with Crippen molar-refractivity contribution in [2.75, 3.05) is 5.73 Å². The van der Waals surface area contributed by atoms with E-state index in [-0.39, 0.29) is 12.3 Å². The van der Waals surface area contributed by atoms with Crippen LogP contribution >= 0.6 is 0 Å². The quantitative estimate of drug-likeness (QED) is 0.676. The summed E-state index contributed by atoms with van der Waals surface area (Å²) in [6.45, 7) is 3.70. The molecule has 20 heavy (non-hydrogen) atoms. The Kier molecular flexibility index (Phi) is 3.79. The van der Waals surface area contributed by atoms with Gasteiger partial charge in [-0.1, -0.05) is 0 Å². The van der Waals surface area contributed by atoms with Crippen molar-refractivity contribution < 1.29 is 9.66 Å². The van der Waals surface area contributed by atoms with Crippen LogP contribution in [0.15, 0.2) is 24.5 Å². The van der Waals surface area contributed by atoms with Crippen molar-refractivity contribution in [1.29, 1.82) is 0 Å². The minimum Gasteiger partial charge on any atom is -0.487 e. The third-order valence-corrected chi connectivity index (χ3v) is 2.79. The van der Waals surface area contributed by atoms with Crippen LogP contribution in [0, 0.1) is 24.0 Å². The van der Waals surface area contributed by atoms with Gasteiger partial charge in [0, 0.05) is 5.56 Å². The van der Waals surface area contributed by atoms with Gasteiger partial charge in [-0.2, -0.15) is 0 Å². The van der Waals surface area contributed by atoms with Gasteiger partial charge in [0.05, 0.1) is 29.1 Å². The second kappa shape index (κ2) is 5.52. The number of nitrogens with zero attached hydrogens (tertiary/aromatic N) is 3. The molecule has 0 atom stereocenters. The van der Waals surface area contributed by atoms with Gasteiger partial charge in [-0.15, -0.1) is 0 Å². The average molecular weight is 274 g/mol. The number of anilines is 1. The molecule has 2 rings (SSSR count). The number of nitrogen functional groups attached to an aromatic ring is 1. The van der Waals surface area contributed by atoms with Crippen molar-refractivity contribution in [3.8, 4) is 5.75 Å². The molecule has 2 N–H and O–H groups in total. The number of nitro groups is 1. The molecule has 7 nitrogen and oxygen atoms in total. The Labute approximate surface area is 115 Å². The number of aryl methyl sites for hydroxylation is 2. The first-order valence-corrected chi connectivity index (χ1v) is 5.92. The molecule has 1 heterocycles. The SMILES string of the molecule is Cc1cc(C)c([N+](=O)[O-])cc1OCc1cnc(N)cn1. The largest absolute Gasteiger partial charge is 0.487 e. The molecule has 0 saturated carbocycles. The fourth-order valence-corrected chi connectivity index (χ4v) is 1.76. The number of benzene rings is 1. The van der Waals surface area contributed by atoms with Gasteiger partial charge in [-0.3, -0.25) is 15.1 Å². The molecule has 1 aromatic heterocycles. The van der Waals surface area contributed by atoms with Crippen molar-refractivity contribution in [1.82, 2.24) is 9.97 Å². The van der Waals surface area contributed by atoms with Gasteiger partial charge in [0.1, 0.15) is 18.2 Å². The summed E-state index contributed by atoms with van der Waals surface area (Å²) in [6.07, 6.45) is 2.94. The molecule has 7 heteroatoms. The predicted octanol–water partition coefficient (Wildman–Crippen LogP) is 2.16. The first-order valence-electron chi connectivity index (χ1n) is 5.92. The molecule has 0 aliphatic rings. The predicted molar refractivity (Wildman–Crippen MR) is 73.3 cm³/mol. The molecule has 0 bridgehead atoms. The molecule has 0 fully saturated rings. The number of nitro benzene ring substituents is 1. The zero-order chi connectivity index (χ0) is 14.7. The van der Waals surface area contributed by atoms with Crippen molar-refractivity contribution >= 4 is 11.5 Å². The van der Waals surface area contributed by atoms with E-state index < -0.39 is 4.92 Å². The van der Waals surface area contributed by atoms with Gasteiger partial charge in [-0.25, -0.2) is 4.98 Å². The average Bonchev–Trinajstić information content (AvgIpc) is 2.39. The molecule has 0 aliphatic carbocycles. The van der Waals surface area contributed by atoms with Crippen molar-refractivity contribution in [3.05, 3.63) is 51.5 Å². The lowest BCUT2D eigenvalue weighted by Gasteiger charge is -2.09. The molecule has 0 spiro atoms. The van der Waals surface area contributed by atoms with Crippen LogP contribution in [0.5, 0.6) is 5.75 Å². The fourth-order valence-electron chi connectivity index (χ4n) is 1.76. The van der Waals surface area contributed by atoms with Crippen LogP contribution in [0.25, 0.3) is 0 Å². The van der Waals surface area contributed by atoms with E-state index in [9.17, 15) is 10.1 Å². The number of nitrogens with two attached hydrogens (primary N) is 1. The van der Waals surface area contributed by atoms with Gasteiger partial charge in [0.15, 0.2) is 0 Å². The normalized spacial score (nSPS) is 10.3. The highest BCUT2D eigenvalue weighted by Gasteiger charge is 2.14. The van der Waals surface area contributed by atoms with E-state index >= 15 is 0 Å². The number of ether oxygens (including phenoxy) is 1. The zero-order valence-corrected chi connectivity index (χ0v) is 11.2. The number of aromatic nitrogens is 2. The Morgan fingerprint density at radius 2 is 2.00 bits per heavy atom. The highest BCUT2D eigenvalue weighted by atomic mass is 16.6. The Bertz CT molecular complexity index is 641. The molecule has 0 radical (unpaired) electrons.